The highest BCUT2D eigenvalue weighted by Crippen LogP contribution is 2.17. The topological polar surface area (TPSA) is 67.2 Å². The third-order valence-electron chi connectivity index (χ3n) is 3.06. The van der Waals surface area contributed by atoms with E-state index >= 15 is 0 Å². The molecule has 0 aliphatic rings. The molecule has 112 valence electrons. The van der Waals surface area contributed by atoms with Crippen LogP contribution in [0.1, 0.15) is 48.5 Å². The van der Waals surface area contributed by atoms with Crippen LogP contribution in [0, 0.1) is 0 Å². The number of amides is 1. The molecule has 0 unspecified atom stereocenters. The first-order valence-electron chi connectivity index (χ1n) is 7.16. The second-order valence-corrected chi connectivity index (χ2v) is 5.11. The van der Waals surface area contributed by atoms with Crippen molar-refractivity contribution in [3.8, 4) is 0 Å². The van der Waals surface area contributed by atoms with Crippen molar-refractivity contribution < 1.29 is 9.21 Å². The summed E-state index contributed by atoms with van der Waals surface area (Å²) in [5.41, 5.74) is 1.51. The number of rotatable bonds is 6. The molecule has 2 heterocycles. The van der Waals surface area contributed by atoms with Crippen molar-refractivity contribution in [1.29, 1.82) is 0 Å². The Morgan fingerprint density at radius 3 is 2.81 bits per heavy atom. The lowest BCUT2D eigenvalue weighted by atomic mass is 10.1. The summed E-state index contributed by atoms with van der Waals surface area (Å²) in [5, 5.41) is 6.01. The molecule has 1 amide bonds. The second kappa shape index (κ2) is 6.92. The van der Waals surface area contributed by atoms with Crippen molar-refractivity contribution in [1.82, 2.24) is 10.3 Å². The summed E-state index contributed by atoms with van der Waals surface area (Å²) >= 11 is 0. The molecule has 0 aliphatic heterocycles. The average Bonchev–Trinajstić information content (AvgIpc) is 2.98. The fraction of sp³-hybridized carbons (Fsp3) is 0.375. The van der Waals surface area contributed by atoms with Gasteiger partial charge in [-0.05, 0) is 37.1 Å². The molecule has 2 rings (SSSR count). The molecule has 21 heavy (non-hydrogen) atoms. The van der Waals surface area contributed by atoms with E-state index in [-0.39, 0.29) is 11.8 Å². The molecule has 5 nitrogen and oxygen atoms in total. The van der Waals surface area contributed by atoms with Crippen molar-refractivity contribution in [2.75, 3.05) is 11.9 Å². The molecule has 2 aromatic rings. The van der Waals surface area contributed by atoms with Crippen molar-refractivity contribution in [2.45, 2.75) is 33.2 Å². The third kappa shape index (κ3) is 4.08. The smallest absolute Gasteiger partial charge is 0.251 e. The SMILES string of the molecule is CCNc1cc(C(=O)NCc2ccco2)cc(C(C)C)n1. The maximum Gasteiger partial charge on any atom is 0.251 e. The fourth-order valence-corrected chi connectivity index (χ4v) is 1.93. The Kier molecular flexibility index (Phi) is 4.98. The average molecular weight is 287 g/mol. The summed E-state index contributed by atoms with van der Waals surface area (Å²) in [6.07, 6.45) is 1.59. The van der Waals surface area contributed by atoms with Crippen LogP contribution in [-0.4, -0.2) is 17.4 Å². The highest BCUT2D eigenvalue weighted by molar-refractivity contribution is 5.95. The van der Waals surface area contributed by atoms with E-state index < -0.39 is 0 Å². The Labute approximate surface area is 124 Å². The lowest BCUT2D eigenvalue weighted by Gasteiger charge is -2.11. The van der Waals surface area contributed by atoms with E-state index in [2.05, 4.69) is 29.5 Å². The van der Waals surface area contributed by atoms with E-state index in [9.17, 15) is 4.79 Å². The van der Waals surface area contributed by atoms with E-state index in [1.165, 1.54) is 0 Å². The van der Waals surface area contributed by atoms with Gasteiger partial charge in [0, 0.05) is 17.8 Å². The van der Waals surface area contributed by atoms with Crippen LogP contribution in [0.3, 0.4) is 0 Å². The minimum Gasteiger partial charge on any atom is -0.467 e. The number of hydrogen-bond donors (Lipinski definition) is 2. The Bertz CT molecular complexity index is 592. The summed E-state index contributed by atoms with van der Waals surface area (Å²) < 4.78 is 5.20. The van der Waals surface area contributed by atoms with Crippen LogP contribution in [0.2, 0.25) is 0 Å². The van der Waals surface area contributed by atoms with E-state index in [0.29, 0.717) is 12.1 Å². The molecule has 2 N–H and O–H groups in total. The molecule has 5 heteroatoms. The van der Waals surface area contributed by atoms with Gasteiger partial charge < -0.3 is 15.1 Å². The van der Waals surface area contributed by atoms with Gasteiger partial charge in [0.05, 0.1) is 12.8 Å². The van der Waals surface area contributed by atoms with Crippen molar-refractivity contribution in [3.63, 3.8) is 0 Å². The number of nitrogens with one attached hydrogen (secondary N) is 2. The fourth-order valence-electron chi connectivity index (χ4n) is 1.93. The normalized spacial score (nSPS) is 10.7. The number of carbonyl (C=O) groups excluding carboxylic acids is 1. The lowest BCUT2D eigenvalue weighted by Crippen LogP contribution is -2.23. The molecule has 0 fully saturated rings. The van der Waals surface area contributed by atoms with E-state index in [4.69, 9.17) is 4.42 Å². The lowest BCUT2D eigenvalue weighted by molar-refractivity contribution is 0.0948. The largest absolute Gasteiger partial charge is 0.467 e. The van der Waals surface area contributed by atoms with Gasteiger partial charge in [0.1, 0.15) is 11.6 Å². The molecule has 0 saturated carbocycles. The number of furan rings is 1. The van der Waals surface area contributed by atoms with Gasteiger partial charge in [0.15, 0.2) is 0 Å². The molecule has 0 aromatic carbocycles. The first kappa shape index (κ1) is 15.1. The Hall–Kier alpha value is -2.30. The van der Waals surface area contributed by atoms with Crippen molar-refractivity contribution in [2.24, 2.45) is 0 Å². The predicted molar refractivity (Wildman–Crippen MR) is 82.4 cm³/mol. The molecule has 0 atom stereocenters. The zero-order valence-electron chi connectivity index (χ0n) is 12.6. The standard InChI is InChI=1S/C16H21N3O2/c1-4-17-15-9-12(8-14(19-15)11(2)3)16(20)18-10-13-6-5-7-21-13/h5-9,11H,4,10H2,1-3H3,(H,17,19)(H,18,20). The highest BCUT2D eigenvalue weighted by Gasteiger charge is 2.12. The van der Waals surface area contributed by atoms with E-state index in [1.807, 2.05) is 19.1 Å². The van der Waals surface area contributed by atoms with E-state index in [1.54, 1.807) is 18.4 Å². The number of nitrogens with zero attached hydrogens (tertiary/aromatic N) is 1. The van der Waals surface area contributed by atoms with Gasteiger partial charge in [-0.2, -0.15) is 0 Å². The molecule has 0 bridgehead atoms. The first-order chi connectivity index (χ1) is 10.1. The molecule has 0 aliphatic carbocycles. The van der Waals surface area contributed by atoms with E-state index in [0.717, 1.165) is 23.8 Å². The number of pyridine rings is 1. The highest BCUT2D eigenvalue weighted by atomic mass is 16.3. The van der Waals surface area contributed by atoms with Gasteiger partial charge in [-0.25, -0.2) is 4.98 Å². The minimum atomic E-state index is -0.130. The summed E-state index contributed by atoms with van der Waals surface area (Å²) in [7, 11) is 0. The molecule has 0 spiro atoms. The monoisotopic (exact) mass is 287 g/mol. The summed E-state index contributed by atoms with van der Waals surface area (Å²) in [4.78, 5) is 16.8. The van der Waals surface area contributed by atoms with Gasteiger partial charge in [0.25, 0.3) is 5.91 Å². The van der Waals surface area contributed by atoms with Crippen LogP contribution in [0.15, 0.2) is 34.9 Å². The van der Waals surface area contributed by atoms with Gasteiger partial charge in [-0.15, -0.1) is 0 Å². The van der Waals surface area contributed by atoms with Crippen LogP contribution < -0.4 is 10.6 Å². The van der Waals surface area contributed by atoms with Crippen LogP contribution in [0.4, 0.5) is 5.82 Å². The van der Waals surface area contributed by atoms with Crippen LogP contribution in [0.5, 0.6) is 0 Å². The third-order valence-corrected chi connectivity index (χ3v) is 3.06. The molecule has 0 radical (unpaired) electrons. The molecule has 2 aromatic heterocycles. The summed E-state index contributed by atoms with van der Waals surface area (Å²) in [6, 6.07) is 7.24. The first-order valence-corrected chi connectivity index (χ1v) is 7.16. The van der Waals surface area contributed by atoms with Crippen molar-refractivity contribution in [3.05, 3.63) is 47.5 Å². The zero-order valence-corrected chi connectivity index (χ0v) is 12.6. The second-order valence-electron chi connectivity index (χ2n) is 5.11. The summed E-state index contributed by atoms with van der Waals surface area (Å²) in [6.45, 7) is 7.26. The van der Waals surface area contributed by atoms with Crippen LogP contribution >= 0.6 is 0 Å². The number of carbonyl (C=O) groups is 1. The molecular weight excluding hydrogens is 266 g/mol. The number of aromatic nitrogens is 1. The Morgan fingerprint density at radius 1 is 1.38 bits per heavy atom. The van der Waals surface area contributed by atoms with Crippen molar-refractivity contribution >= 4 is 11.7 Å². The van der Waals surface area contributed by atoms with Gasteiger partial charge in [0.2, 0.25) is 0 Å². The maximum atomic E-state index is 12.3. The molecule has 0 saturated heterocycles. The summed E-state index contributed by atoms with van der Waals surface area (Å²) in [5.74, 6) is 1.59. The quantitative estimate of drug-likeness (QED) is 0.856. The number of anilines is 1. The predicted octanol–water partition coefficient (Wildman–Crippen LogP) is 3.16. The van der Waals surface area contributed by atoms with Gasteiger partial charge >= 0.3 is 0 Å². The van der Waals surface area contributed by atoms with Gasteiger partial charge in [-0.1, -0.05) is 13.8 Å². The zero-order chi connectivity index (χ0) is 15.2. The molecular formula is C16H21N3O2. The Balaban J connectivity index is 2.14. The maximum absolute atomic E-state index is 12.3. The van der Waals surface area contributed by atoms with Crippen LogP contribution in [-0.2, 0) is 6.54 Å². The number of hydrogen-bond acceptors (Lipinski definition) is 4. The Morgan fingerprint density at radius 2 is 2.19 bits per heavy atom. The van der Waals surface area contributed by atoms with Gasteiger partial charge in [-0.3, -0.25) is 4.79 Å². The minimum absolute atomic E-state index is 0.130. The van der Waals surface area contributed by atoms with Crippen LogP contribution in [0.25, 0.3) is 0 Å².